The summed E-state index contributed by atoms with van der Waals surface area (Å²) < 4.78 is 31.1. The van der Waals surface area contributed by atoms with Crippen LogP contribution in [0.5, 0.6) is 0 Å². The summed E-state index contributed by atoms with van der Waals surface area (Å²) >= 11 is 0. The molecule has 96 valence electrons. The van der Waals surface area contributed by atoms with Gasteiger partial charge in [0.15, 0.2) is 0 Å². The van der Waals surface area contributed by atoms with E-state index in [9.17, 15) is 18.0 Å². The molecule has 1 aromatic rings. The van der Waals surface area contributed by atoms with Crippen molar-refractivity contribution in [2.24, 2.45) is 0 Å². The number of rotatable bonds is 2. The Kier molecular flexibility index (Phi) is 2.83. The summed E-state index contributed by atoms with van der Waals surface area (Å²) in [6.07, 6.45) is 0.175. The van der Waals surface area contributed by atoms with Crippen LogP contribution in [0, 0.1) is 0 Å². The van der Waals surface area contributed by atoms with Crippen LogP contribution in [0.2, 0.25) is 0 Å². The predicted octanol–water partition coefficient (Wildman–Crippen LogP) is 0.169. The standard InChI is InChI=1S/C10H10N2O5S/c11-7-2-1-6(5-8(7)18(15,16)17)12-9(13)3-4-10(12)14/h1-2,5H,3-4,11H2,(H,15,16,17). The van der Waals surface area contributed by atoms with Gasteiger partial charge in [0, 0.05) is 12.8 Å². The van der Waals surface area contributed by atoms with E-state index in [0.29, 0.717) is 0 Å². The van der Waals surface area contributed by atoms with E-state index in [4.69, 9.17) is 10.3 Å². The summed E-state index contributed by atoms with van der Waals surface area (Å²) in [5.41, 5.74) is 5.35. The van der Waals surface area contributed by atoms with Gasteiger partial charge in [0.25, 0.3) is 10.1 Å². The summed E-state index contributed by atoms with van der Waals surface area (Å²) in [6, 6.07) is 3.58. The highest BCUT2D eigenvalue weighted by Gasteiger charge is 2.31. The molecule has 0 atom stereocenters. The van der Waals surface area contributed by atoms with Crippen LogP contribution in [0.4, 0.5) is 11.4 Å². The van der Waals surface area contributed by atoms with Crippen molar-refractivity contribution in [1.29, 1.82) is 0 Å². The van der Waals surface area contributed by atoms with Crippen LogP contribution >= 0.6 is 0 Å². The molecular weight excluding hydrogens is 260 g/mol. The molecule has 1 saturated heterocycles. The van der Waals surface area contributed by atoms with E-state index in [2.05, 4.69) is 0 Å². The molecule has 1 heterocycles. The van der Waals surface area contributed by atoms with Crippen molar-refractivity contribution in [2.75, 3.05) is 10.6 Å². The van der Waals surface area contributed by atoms with Crippen molar-refractivity contribution in [3.8, 4) is 0 Å². The zero-order valence-corrected chi connectivity index (χ0v) is 9.98. The topological polar surface area (TPSA) is 118 Å². The largest absolute Gasteiger partial charge is 0.398 e. The first-order valence-electron chi connectivity index (χ1n) is 5.03. The van der Waals surface area contributed by atoms with Crippen LogP contribution in [0.25, 0.3) is 0 Å². The fraction of sp³-hybridized carbons (Fsp3) is 0.200. The first-order valence-corrected chi connectivity index (χ1v) is 6.47. The second kappa shape index (κ2) is 4.07. The number of nitrogen functional groups attached to an aromatic ring is 1. The molecule has 7 nitrogen and oxygen atoms in total. The highest BCUT2D eigenvalue weighted by molar-refractivity contribution is 7.86. The molecule has 0 saturated carbocycles. The summed E-state index contributed by atoms with van der Waals surface area (Å²) in [5.74, 6) is -0.822. The van der Waals surface area contributed by atoms with Crippen LogP contribution in [-0.4, -0.2) is 24.8 Å². The minimum atomic E-state index is -4.49. The third-order valence-electron chi connectivity index (χ3n) is 2.58. The van der Waals surface area contributed by atoms with Gasteiger partial charge in [-0.15, -0.1) is 0 Å². The van der Waals surface area contributed by atoms with E-state index in [1.807, 2.05) is 0 Å². The molecule has 1 aliphatic rings. The Morgan fingerprint density at radius 2 is 1.72 bits per heavy atom. The van der Waals surface area contributed by atoms with Crippen LogP contribution < -0.4 is 10.6 Å². The second-order valence-corrected chi connectivity index (χ2v) is 5.21. The molecule has 8 heteroatoms. The monoisotopic (exact) mass is 270 g/mol. The van der Waals surface area contributed by atoms with Crippen molar-refractivity contribution in [3.63, 3.8) is 0 Å². The first-order chi connectivity index (χ1) is 8.30. The van der Waals surface area contributed by atoms with Crippen molar-refractivity contribution < 1.29 is 22.6 Å². The highest BCUT2D eigenvalue weighted by atomic mass is 32.2. The molecule has 1 aliphatic heterocycles. The Morgan fingerprint density at radius 1 is 1.17 bits per heavy atom. The van der Waals surface area contributed by atoms with Gasteiger partial charge < -0.3 is 5.73 Å². The Morgan fingerprint density at radius 3 is 2.22 bits per heavy atom. The average Bonchev–Trinajstić information content (AvgIpc) is 2.58. The first kappa shape index (κ1) is 12.5. The molecule has 3 N–H and O–H groups in total. The molecule has 0 unspecified atom stereocenters. The van der Waals surface area contributed by atoms with Crippen LogP contribution in [0.15, 0.2) is 23.1 Å². The number of carbonyl (C=O) groups is 2. The van der Waals surface area contributed by atoms with E-state index >= 15 is 0 Å². The zero-order valence-electron chi connectivity index (χ0n) is 9.16. The second-order valence-electron chi connectivity index (χ2n) is 3.82. The van der Waals surface area contributed by atoms with Gasteiger partial charge in [-0.2, -0.15) is 8.42 Å². The number of imide groups is 1. The maximum Gasteiger partial charge on any atom is 0.296 e. The fourth-order valence-corrected chi connectivity index (χ4v) is 2.39. The van der Waals surface area contributed by atoms with Gasteiger partial charge in [0.2, 0.25) is 11.8 Å². The van der Waals surface area contributed by atoms with Gasteiger partial charge in [0.05, 0.1) is 11.4 Å². The minimum Gasteiger partial charge on any atom is -0.398 e. The highest BCUT2D eigenvalue weighted by Crippen LogP contribution is 2.28. The summed E-state index contributed by atoms with van der Waals surface area (Å²) in [6.45, 7) is 0. The van der Waals surface area contributed by atoms with E-state index in [0.717, 1.165) is 11.0 Å². The smallest absolute Gasteiger partial charge is 0.296 e. The molecule has 0 aromatic heterocycles. The van der Waals surface area contributed by atoms with Crippen molar-refractivity contribution in [3.05, 3.63) is 18.2 Å². The number of benzene rings is 1. The minimum absolute atomic E-state index is 0.0873. The van der Waals surface area contributed by atoms with Gasteiger partial charge in [-0.1, -0.05) is 0 Å². The zero-order chi connectivity index (χ0) is 13.5. The van der Waals surface area contributed by atoms with E-state index in [1.165, 1.54) is 12.1 Å². The maximum atomic E-state index is 11.5. The summed E-state index contributed by atoms with van der Waals surface area (Å²) in [7, 11) is -4.49. The van der Waals surface area contributed by atoms with Crippen LogP contribution in [0.3, 0.4) is 0 Å². The number of carbonyl (C=O) groups excluding carboxylic acids is 2. The number of hydrogen-bond donors (Lipinski definition) is 2. The summed E-state index contributed by atoms with van der Waals surface area (Å²) in [5, 5.41) is 0. The summed E-state index contributed by atoms with van der Waals surface area (Å²) in [4.78, 5) is 23.3. The Hall–Kier alpha value is -1.93. The normalized spacial score (nSPS) is 16.4. The molecule has 2 amide bonds. The lowest BCUT2D eigenvalue weighted by molar-refractivity contribution is -0.121. The lowest BCUT2D eigenvalue weighted by Gasteiger charge is -2.15. The molecule has 0 bridgehead atoms. The lowest BCUT2D eigenvalue weighted by Crippen LogP contribution is -2.28. The Balaban J connectivity index is 2.54. The third kappa shape index (κ3) is 2.07. The van der Waals surface area contributed by atoms with Gasteiger partial charge in [-0.25, -0.2) is 0 Å². The third-order valence-corrected chi connectivity index (χ3v) is 3.49. The Labute approximate surface area is 103 Å². The number of hydrogen-bond acceptors (Lipinski definition) is 5. The number of amides is 2. The van der Waals surface area contributed by atoms with Crippen LogP contribution in [0.1, 0.15) is 12.8 Å². The van der Waals surface area contributed by atoms with Gasteiger partial charge >= 0.3 is 0 Å². The number of anilines is 2. The quantitative estimate of drug-likeness (QED) is 0.449. The lowest BCUT2D eigenvalue weighted by atomic mass is 10.2. The van der Waals surface area contributed by atoms with Crippen molar-refractivity contribution >= 4 is 33.3 Å². The predicted molar refractivity (Wildman–Crippen MR) is 62.4 cm³/mol. The van der Waals surface area contributed by atoms with E-state index < -0.39 is 26.8 Å². The molecule has 0 aliphatic carbocycles. The SMILES string of the molecule is Nc1ccc(N2C(=O)CCC2=O)cc1S(=O)(=O)O. The molecular formula is C10H10N2O5S. The van der Waals surface area contributed by atoms with E-state index in [-0.39, 0.29) is 24.2 Å². The van der Waals surface area contributed by atoms with Crippen molar-refractivity contribution in [2.45, 2.75) is 17.7 Å². The molecule has 0 radical (unpaired) electrons. The van der Waals surface area contributed by atoms with Gasteiger partial charge in [0.1, 0.15) is 4.90 Å². The Bertz CT molecular complexity index is 622. The van der Waals surface area contributed by atoms with Crippen molar-refractivity contribution in [1.82, 2.24) is 0 Å². The fourth-order valence-electron chi connectivity index (χ4n) is 1.75. The van der Waals surface area contributed by atoms with Crippen LogP contribution in [-0.2, 0) is 19.7 Å². The van der Waals surface area contributed by atoms with Gasteiger partial charge in [-0.3, -0.25) is 19.0 Å². The maximum absolute atomic E-state index is 11.5. The average molecular weight is 270 g/mol. The molecule has 0 spiro atoms. The van der Waals surface area contributed by atoms with E-state index in [1.54, 1.807) is 0 Å². The molecule has 1 fully saturated rings. The number of nitrogens with zero attached hydrogens (tertiary/aromatic N) is 1. The molecule has 2 rings (SSSR count). The molecule has 1 aromatic carbocycles. The number of nitrogens with two attached hydrogens (primary N) is 1. The van der Waals surface area contributed by atoms with Gasteiger partial charge in [-0.05, 0) is 18.2 Å². The molecule has 18 heavy (non-hydrogen) atoms.